The van der Waals surface area contributed by atoms with E-state index < -0.39 is 0 Å². The highest BCUT2D eigenvalue weighted by Gasteiger charge is 2.22. The first-order valence-corrected chi connectivity index (χ1v) is 9.32. The van der Waals surface area contributed by atoms with Crippen molar-refractivity contribution in [3.8, 4) is 5.75 Å². The second kappa shape index (κ2) is 8.19. The Hall–Kier alpha value is -2.30. The van der Waals surface area contributed by atoms with Crippen LogP contribution < -0.4 is 15.0 Å². The van der Waals surface area contributed by atoms with Crippen LogP contribution in [0.1, 0.15) is 45.4 Å². The molecule has 1 aromatic heterocycles. The fourth-order valence-electron chi connectivity index (χ4n) is 3.48. The van der Waals surface area contributed by atoms with Gasteiger partial charge in [0.1, 0.15) is 23.2 Å². The third kappa shape index (κ3) is 4.21. The van der Waals surface area contributed by atoms with Crippen LogP contribution in [0.2, 0.25) is 0 Å². The van der Waals surface area contributed by atoms with Gasteiger partial charge < -0.3 is 15.0 Å². The summed E-state index contributed by atoms with van der Waals surface area (Å²) in [5.41, 5.74) is 0.930. The number of aryl methyl sites for hydroxylation is 1. The Bertz CT molecular complexity index is 704. The van der Waals surface area contributed by atoms with Crippen LogP contribution in [0.15, 0.2) is 30.3 Å². The normalized spacial score (nSPS) is 17.4. The van der Waals surface area contributed by atoms with Crippen LogP contribution in [0.25, 0.3) is 0 Å². The smallest absolute Gasteiger partial charge is 0.142 e. The summed E-state index contributed by atoms with van der Waals surface area (Å²) in [6.07, 6.45) is 4.94. The van der Waals surface area contributed by atoms with E-state index in [1.54, 1.807) is 0 Å². The molecule has 1 aliphatic heterocycles. The van der Waals surface area contributed by atoms with E-state index in [9.17, 15) is 0 Å². The van der Waals surface area contributed by atoms with Gasteiger partial charge in [0.05, 0.1) is 12.3 Å². The molecule has 25 heavy (non-hydrogen) atoms. The average Bonchev–Trinajstić information content (AvgIpc) is 2.63. The largest absolute Gasteiger partial charge is 0.492 e. The lowest BCUT2D eigenvalue weighted by atomic mass is 10.00. The molecule has 1 fully saturated rings. The summed E-state index contributed by atoms with van der Waals surface area (Å²) in [6, 6.07) is 10.6. The van der Waals surface area contributed by atoms with E-state index >= 15 is 0 Å². The molecule has 0 amide bonds. The van der Waals surface area contributed by atoms with Crippen LogP contribution >= 0.6 is 0 Å². The lowest BCUT2D eigenvalue weighted by molar-refractivity contribution is 0.342. The molecule has 5 heteroatoms. The Labute approximate surface area is 150 Å². The number of rotatable bonds is 6. The summed E-state index contributed by atoms with van der Waals surface area (Å²) < 4.78 is 5.70. The maximum atomic E-state index is 5.70. The van der Waals surface area contributed by atoms with Crippen LogP contribution in [0.3, 0.4) is 0 Å². The van der Waals surface area contributed by atoms with E-state index in [4.69, 9.17) is 9.72 Å². The van der Waals surface area contributed by atoms with Gasteiger partial charge in [-0.2, -0.15) is 0 Å². The number of nitrogens with one attached hydrogen (secondary N) is 1. The van der Waals surface area contributed by atoms with Gasteiger partial charge in [0.25, 0.3) is 0 Å². The quantitative estimate of drug-likeness (QED) is 0.826. The lowest BCUT2D eigenvalue weighted by Crippen LogP contribution is -2.39. The Balaban J connectivity index is 1.87. The van der Waals surface area contributed by atoms with Gasteiger partial charge in [-0.3, -0.25) is 0 Å². The van der Waals surface area contributed by atoms with Crippen molar-refractivity contribution < 1.29 is 4.74 Å². The second-order valence-corrected chi connectivity index (χ2v) is 6.46. The summed E-state index contributed by atoms with van der Waals surface area (Å²) in [6.45, 7) is 7.91. The van der Waals surface area contributed by atoms with Gasteiger partial charge in [-0.15, -0.1) is 0 Å². The number of benzene rings is 1. The van der Waals surface area contributed by atoms with Crippen molar-refractivity contribution in [2.75, 3.05) is 23.4 Å². The maximum absolute atomic E-state index is 5.70. The topological polar surface area (TPSA) is 50.3 Å². The molecule has 1 aliphatic rings. The number of piperidine rings is 1. The van der Waals surface area contributed by atoms with E-state index in [1.807, 2.05) is 38.1 Å². The maximum Gasteiger partial charge on any atom is 0.142 e. The highest BCUT2D eigenvalue weighted by molar-refractivity contribution is 5.65. The summed E-state index contributed by atoms with van der Waals surface area (Å²) >= 11 is 0. The summed E-state index contributed by atoms with van der Waals surface area (Å²) in [7, 11) is 0. The van der Waals surface area contributed by atoms with E-state index in [2.05, 4.69) is 28.2 Å². The molecule has 134 valence electrons. The van der Waals surface area contributed by atoms with Gasteiger partial charge in [-0.25, -0.2) is 9.97 Å². The highest BCUT2D eigenvalue weighted by Crippen LogP contribution is 2.30. The molecule has 2 heterocycles. The first-order chi connectivity index (χ1) is 12.2. The van der Waals surface area contributed by atoms with Gasteiger partial charge in [0.15, 0.2) is 0 Å². The zero-order chi connectivity index (χ0) is 17.6. The average molecular weight is 340 g/mol. The van der Waals surface area contributed by atoms with Crippen molar-refractivity contribution in [2.24, 2.45) is 0 Å². The van der Waals surface area contributed by atoms with Crippen molar-refractivity contribution in [3.05, 3.63) is 36.2 Å². The van der Waals surface area contributed by atoms with Gasteiger partial charge in [-0.1, -0.05) is 19.1 Å². The van der Waals surface area contributed by atoms with Gasteiger partial charge in [-0.05, 0) is 51.7 Å². The third-order valence-electron chi connectivity index (χ3n) is 4.67. The molecule has 3 rings (SSSR count). The molecular weight excluding hydrogens is 312 g/mol. The molecular formula is C20H28N4O. The minimum atomic E-state index is 0.576. The molecule has 2 aromatic rings. The number of ether oxygens (including phenoxy) is 1. The van der Waals surface area contributed by atoms with Crippen LogP contribution in [0.4, 0.5) is 17.3 Å². The molecule has 1 N–H and O–H groups in total. The number of hydrogen-bond donors (Lipinski definition) is 1. The summed E-state index contributed by atoms with van der Waals surface area (Å²) in [5.74, 6) is 3.46. The molecule has 0 spiro atoms. The molecule has 1 unspecified atom stereocenters. The fourth-order valence-corrected chi connectivity index (χ4v) is 3.48. The third-order valence-corrected chi connectivity index (χ3v) is 4.67. The molecule has 0 radical (unpaired) electrons. The molecule has 1 atom stereocenters. The Morgan fingerprint density at radius 2 is 2.04 bits per heavy atom. The number of aromatic nitrogens is 2. The zero-order valence-electron chi connectivity index (χ0n) is 15.5. The fraction of sp³-hybridized carbons (Fsp3) is 0.500. The summed E-state index contributed by atoms with van der Waals surface area (Å²) in [5, 5.41) is 3.41. The first-order valence-electron chi connectivity index (χ1n) is 9.32. The monoisotopic (exact) mass is 340 g/mol. The van der Waals surface area contributed by atoms with Gasteiger partial charge in [0, 0.05) is 18.7 Å². The SMILES string of the molecule is CCOc1ccccc1Nc1cc(N2CCCCC2CC)nc(C)n1. The Morgan fingerprint density at radius 1 is 1.20 bits per heavy atom. The van der Waals surface area contributed by atoms with Crippen molar-refractivity contribution in [1.29, 1.82) is 0 Å². The predicted octanol–water partition coefficient (Wildman–Crippen LogP) is 4.70. The number of hydrogen-bond acceptors (Lipinski definition) is 5. The van der Waals surface area contributed by atoms with Gasteiger partial charge >= 0.3 is 0 Å². The Kier molecular flexibility index (Phi) is 5.74. The predicted molar refractivity (Wildman–Crippen MR) is 103 cm³/mol. The van der Waals surface area contributed by atoms with Crippen LogP contribution in [0.5, 0.6) is 5.75 Å². The molecule has 1 saturated heterocycles. The lowest BCUT2D eigenvalue weighted by Gasteiger charge is -2.36. The Morgan fingerprint density at radius 3 is 2.84 bits per heavy atom. The van der Waals surface area contributed by atoms with Crippen molar-refractivity contribution in [1.82, 2.24) is 9.97 Å². The van der Waals surface area contributed by atoms with Crippen LogP contribution in [-0.4, -0.2) is 29.2 Å². The van der Waals surface area contributed by atoms with Crippen molar-refractivity contribution in [2.45, 2.75) is 52.5 Å². The summed E-state index contributed by atoms with van der Waals surface area (Å²) in [4.78, 5) is 11.7. The second-order valence-electron chi connectivity index (χ2n) is 6.46. The standard InChI is InChI=1S/C20H28N4O/c1-4-16-10-8-9-13-24(16)20-14-19(21-15(3)22-20)23-17-11-6-7-12-18(17)25-5-2/h6-7,11-12,14,16H,4-5,8-10,13H2,1-3H3,(H,21,22,23). The van der Waals surface area contributed by atoms with E-state index in [-0.39, 0.29) is 0 Å². The minimum absolute atomic E-state index is 0.576. The molecule has 5 nitrogen and oxygen atoms in total. The molecule has 1 aromatic carbocycles. The number of nitrogens with zero attached hydrogens (tertiary/aromatic N) is 3. The van der Waals surface area contributed by atoms with Crippen LogP contribution in [0, 0.1) is 6.92 Å². The van der Waals surface area contributed by atoms with Gasteiger partial charge in [0.2, 0.25) is 0 Å². The van der Waals surface area contributed by atoms with E-state index in [0.717, 1.165) is 41.9 Å². The number of anilines is 3. The minimum Gasteiger partial charge on any atom is -0.492 e. The molecule has 0 aliphatic carbocycles. The van der Waals surface area contributed by atoms with Crippen molar-refractivity contribution >= 4 is 17.3 Å². The number of para-hydroxylation sites is 2. The molecule has 0 saturated carbocycles. The highest BCUT2D eigenvalue weighted by atomic mass is 16.5. The van der Waals surface area contributed by atoms with Crippen molar-refractivity contribution in [3.63, 3.8) is 0 Å². The van der Waals surface area contributed by atoms with Crippen LogP contribution in [-0.2, 0) is 0 Å². The van der Waals surface area contributed by atoms with E-state index in [0.29, 0.717) is 12.6 Å². The van der Waals surface area contributed by atoms with E-state index in [1.165, 1.54) is 19.3 Å². The zero-order valence-corrected chi connectivity index (χ0v) is 15.5. The molecule has 0 bridgehead atoms. The first kappa shape index (κ1) is 17.5.